The van der Waals surface area contributed by atoms with Crippen LogP contribution in [0.5, 0.6) is 0 Å². The Morgan fingerprint density at radius 2 is 2.60 bits per heavy atom. The van der Waals surface area contributed by atoms with Gasteiger partial charge in [-0.25, -0.2) is 4.79 Å². The molecule has 5 nitrogen and oxygen atoms in total. The lowest BCUT2D eigenvalue weighted by Crippen LogP contribution is -2.05. The largest absolute Gasteiger partial charge is 0.462 e. The van der Waals surface area contributed by atoms with Crippen molar-refractivity contribution >= 4 is 23.4 Å². The highest BCUT2D eigenvalue weighted by Crippen LogP contribution is 2.13. The van der Waals surface area contributed by atoms with E-state index in [1.54, 1.807) is 6.92 Å². The Bertz CT molecular complexity index is 405. The molecule has 6 heteroatoms. The number of carbonyl (C=O) groups is 1. The van der Waals surface area contributed by atoms with E-state index in [1.807, 2.05) is 16.8 Å². The van der Waals surface area contributed by atoms with Crippen LogP contribution in [0.2, 0.25) is 0 Å². The molecule has 0 aliphatic rings. The van der Waals surface area contributed by atoms with Crippen LogP contribution in [-0.4, -0.2) is 12.6 Å². The van der Waals surface area contributed by atoms with Gasteiger partial charge >= 0.3 is 5.97 Å². The van der Waals surface area contributed by atoms with Crippen LogP contribution in [0.3, 0.4) is 0 Å². The number of nitrogens with zero attached hydrogens (tertiary/aromatic N) is 3. The number of hydrogen-bond donors (Lipinski definition) is 0. The lowest BCUT2D eigenvalue weighted by molar-refractivity contribution is -0.138. The zero-order valence-electron chi connectivity index (χ0n) is 8.08. The molecule has 0 saturated carbocycles. The van der Waals surface area contributed by atoms with Gasteiger partial charge in [0.05, 0.1) is 6.61 Å². The van der Waals surface area contributed by atoms with E-state index < -0.39 is 5.97 Å². The van der Waals surface area contributed by atoms with Crippen molar-refractivity contribution in [3.05, 3.63) is 38.5 Å². The lowest BCUT2D eigenvalue weighted by atomic mass is 10.3. The average molecular weight is 223 g/mol. The molecule has 0 amide bonds. The summed E-state index contributed by atoms with van der Waals surface area (Å²) in [5, 5.41) is 6.99. The van der Waals surface area contributed by atoms with Gasteiger partial charge in [0.15, 0.2) is 0 Å². The maximum absolute atomic E-state index is 11.3. The first-order valence-electron chi connectivity index (χ1n) is 4.24. The maximum atomic E-state index is 11.3. The first-order valence-corrected chi connectivity index (χ1v) is 5.18. The number of hydrogen-bond acceptors (Lipinski definition) is 4. The van der Waals surface area contributed by atoms with E-state index in [1.165, 1.54) is 17.4 Å². The third kappa shape index (κ3) is 3.46. The molecule has 0 fully saturated rings. The number of azide groups is 1. The van der Waals surface area contributed by atoms with Crippen molar-refractivity contribution in [2.24, 2.45) is 5.11 Å². The van der Waals surface area contributed by atoms with E-state index in [4.69, 9.17) is 10.3 Å². The molecule has 1 aromatic heterocycles. The van der Waals surface area contributed by atoms with Crippen molar-refractivity contribution in [1.29, 1.82) is 0 Å². The fourth-order valence-corrected chi connectivity index (χ4v) is 1.51. The van der Waals surface area contributed by atoms with Crippen molar-refractivity contribution in [3.8, 4) is 0 Å². The second-order valence-electron chi connectivity index (χ2n) is 2.50. The van der Waals surface area contributed by atoms with Gasteiger partial charge in [0.25, 0.3) is 0 Å². The first kappa shape index (κ1) is 11.3. The minimum atomic E-state index is -0.610. The van der Waals surface area contributed by atoms with Crippen molar-refractivity contribution in [1.82, 2.24) is 0 Å². The lowest BCUT2D eigenvalue weighted by Gasteiger charge is -1.99. The summed E-state index contributed by atoms with van der Waals surface area (Å²) < 4.78 is 4.74. The maximum Gasteiger partial charge on any atom is 0.340 e. The molecular weight excluding hydrogens is 214 g/mol. The summed E-state index contributed by atoms with van der Waals surface area (Å²) in [5.74, 6) is -0.610. The third-order valence-electron chi connectivity index (χ3n) is 1.48. The SMILES string of the molecule is CCOC(=O)/C(=C\c1ccsc1)N=[N+]=[N-]. The summed E-state index contributed by atoms with van der Waals surface area (Å²) in [6.07, 6.45) is 1.49. The summed E-state index contributed by atoms with van der Waals surface area (Å²) in [6, 6.07) is 1.82. The molecular formula is C9H9N3O2S. The third-order valence-corrected chi connectivity index (χ3v) is 2.19. The molecule has 0 aliphatic heterocycles. The van der Waals surface area contributed by atoms with Crippen molar-refractivity contribution < 1.29 is 9.53 Å². The molecule has 0 bridgehead atoms. The molecule has 0 atom stereocenters. The first-order chi connectivity index (χ1) is 7.27. The second kappa shape index (κ2) is 5.85. The number of thiophene rings is 1. The van der Waals surface area contributed by atoms with E-state index >= 15 is 0 Å². The Balaban J connectivity index is 2.92. The second-order valence-corrected chi connectivity index (χ2v) is 3.28. The number of esters is 1. The molecule has 15 heavy (non-hydrogen) atoms. The fourth-order valence-electron chi connectivity index (χ4n) is 0.897. The Labute approximate surface area is 90.6 Å². The predicted octanol–water partition coefficient (Wildman–Crippen LogP) is 2.96. The molecule has 0 saturated heterocycles. The average Bonchev–Trinajstić information content (AvgIpc) is 2.70. The van der Waals surface area contributed by atoms with Gasteiger partial charge in [0.1, 0.15) is 5.70 Å². The van der Waals surface area contributed by atoms with Gasteiger partial charge in [-0.2, -0.15) is 11.3 Å². The Hall–Kier alpha value is -1.78. The zero-order chi connectivity index (χ0) is 11.1. The molecule has 1 heterocycles. The van der Waals surface area contributed by atoms with Gasteiger partial charge in [-0.15, -0.1) is 0 Å². The van der Waals surface area contributed by atoms with Gasteiger partial charge in [-0.1, -0.05) is 5.11 Å². The molecule has 1 aromatic rings. The van der Waals surface area contributed by atoms with E-state index in [9.17, 15) is 4.79 Å². The minimum absolute atomic E-state index is 0.0299. The summed E-state index contributed by atoms with van der Waals surface area (Å²) in [5.41, 5.74) is 9.08. The zero-order valence-corrected chi connectivity index (χ0v) is 8.90. The van der Waals surface area contributed by atoms with E-state index in [-0.39, 0.29) is 12.3 Å². The highest BCUT2D eigenvalue weighted by molar-refractivity contribution is 7.08. The monoisotopic (exact) mass is 223 g/mol. The van der Waals surface area contributed by atoms with Crippen LogP contribution in [0.4, 0.5) is 0 Å². The Kier molecular flexibility index (Phi) is 4.40. The molecule has 0 aromatic carbocycles. The van der Waals surface area contributed by atoms with Gasteiger partial charge in [0, 0.05) is 4.91 Å². The smallest absolute Gasteiger partial charge is 0.340 e. The van der Waals surface area contributed by atoms with Crippen LogP contribution in [0.1, 0.15) is 12.5 Å². The summed E-state index contributed by atoms with van der Waals surface area (Å²) in [7, 11) is 0. The minimum Gasteiger partial charge on any atom is -0.462 e. The molecule has 0 aliphatic carbocycles. The molecule has 0 unspecified atom stereocenters. The molecule has 78 valence electrons. The Morgan fingerprint density at radius 3 is 3.13 bits per heavy atom. The molecule has 0 spiro atoms. The van der Waals surface area contributed by atoms with E-state index in [2.05, 4.69) is 10.0 Å². The summed E-state index contributed by atoms with van der Waals surface area (Å²) in [6.45, 7) is 1.94. The fraction of sp³-hybridized carbons (Fsp3) is 0.222. The normalized spacial score (nSPS) is 10.6. The Morgan fingerprint density at radius 1 is 1.80 bits per heavy atom. The van der Waals surface area contributed by atoms with E-state index in [0.717, 1.165) is 5.56 Å². The highest BCUT2D eigenvalue weighted by Gasteiger charge is 2.08. The quantitative estimate of drug-likeness (QED) is 0.259. The number of rotatable bonds is 4. The molecule has 0 N–H and O–H groups in total. The van der Waals surface area contributed by atoms with Gasteiger partial charge in [-0.05, 0) is 40.9 Å². The van der Waals surface area contributed by atoms with Crippen molar-refractivity contribution in [3.63, 3.8) is 0 Å². The number of carbonyl (C=O) groups excluding carboxylic acids is 1. The van der Waals surface area contributed by atoms with Crippen LogP contribution >= 0.6 is 11.3 Å². The van der Waals surface area contributed by atoms with Crippen LogP contribution in [0.25, 0.3) is 16.5 Å². The van der Waals surface area contributed by atoms with E-state index in [0.29, 0.717) is 0 Å². The van der Waals surface area contributed by atoms with Crippen LogP contribution in [0.15, 0.2) is 27.6 Å². The standard InChI is InChI=1S/C9H9N3O2S/c1-2-14-9(13)8(11-12-10)5-7-3-4-15-6-7/h3-6H,2H2,1H3/b8-5+. The van der Waals surface area contributed by atoms with Crippen LogP contribution < -0.4 is 0 Å². The topological polar surface area (TPSA) is 75.1 Å². The molecule has 1 rings (SSSR count). The van der Waals surface area contributed by atoms with Gasteiger partial charge in [0.2, 0.25) is 0 Å². The van der Waals surface area contributed by atoms with Gasteiger partial charge < -0.3 is 4.74 Å². The summed E-state index contributed by atoms with van der Waals surface area (Å²) in [4.78, 5) is 13.9. The molecule has 0 radical (unpaired) electrons. The highest BCUT2D eigenvalue weighted by atomic mass is 32.1. The predicted molar refractivity (Wildman–Crippen MR) is 58.1 cm³/mol. The summed E-state index contributed by atoms with van der Waals surface area (Å²) >= 11 is 1.49. The van der Waals surface area contributed by atoms with Crippen molar-refractivity contribution in [2.45, 2.75) is 6.92 Å². The van der Waals surface area contributed by atoms with Crippen molar-refractivity contribution in [2.75, 3.05) is 6.61 Å². The van der Waals surface area contributed by atoms with Crippen LogP contribution in [-0.2, 0) is 9.53 Å². The van der Waals surface area contributed by atoms with Crippen LogP contribution in [0, 0.1) is 0 Å². The number of ether oxygens (including phenoxy) is 1. The van der Waals surface area contributed by atoms with Gasteiger partial charge in [-0.3, -0.25) is 0 Å².